The zero-order chi connectivity index (χ0) is 19.2. The molecule has 1 aromatic heterocycles. The minimum atomic E-state index is -0.499. The first-order valence-electron chi connectivity index (χ1n) is 8.56. The number of amides is 1. The molecule has 6 heteroatoms. The van der Waals surface area contributed by atoms with Crippen LogP contribution in [0.4, 0.5) is 5.69 Å². The molecule has 0 saturated carbocycles. The number of esters is 1. The van der Waals surface area contributed by atoms with E-state index < -0.39 is 5.97 Å². The van der Waals surface area contributed by atoms with Crippen molar-refractivity contribution in [3.05, 3.63) is 71.7 Å². The number of para-hydroxylation sites is 1. The Balaban J connectivity index is 1.60. The van der Waals surface area contributed by atoms with Gasteiger partial charge in [-0.3, -0.25) is 4.79 Å². The molecule has 0 unspecified atom stereocenters. The second-order valence-corrected chi connectivity index (χ2v) is 6.07. The fourth-order valence-electron chi connectivity index (χ4n) is 2.59. The number of carbonyl (C=O) groups is 2. The van der Waals surface area contributed by atoms with E-state index in [1.165, 1.54) is 12.7 Å². The number of benzene rings is 2. The van der Waals surface area contributed by atoms with Gasteiger partial charge in [-0.05, 0) is 19.1 Å². The summed E-state index contributed by atoms with van der Waals surface area (Å²) in [4.78, 5) is 28.2. The van der Waals surface area contributed by atoms with E-state index >= 15 is 0 Å². The molecule has 1 heterocycles. The Labute approximate surface area is 157 Å². The highest BCUT2D eigenvalue weighted by molar-refractivity contribution is 6.01. The first-order chi connectivity index (χ1) is 13.1. The number of methoxy groups -OCH3 is 1. The smallest absolute Gasteiger partial charge is 0.339 e. The predicted molar refractivity (Wildman–Crippen MR) is 101 cm³/mol. The van der Waals surface area contributed by atoms with Gasteiger partial charge in [-0.2, -0.15) is 0 Å². The highest BCUT2D eigenvalue weighted by Gasteiger charge is 2.14. The Hall–Kier alpha value is -3.41. The summed E-state index contributed by atoms with van der Waals surface area (Å²) in [6.07, 6.45) is 2.20. The van der Waals surface area contributed by atoms with Crippen LogP contribution in [0.3, 0.4) is 0 Å². The van der Waals surface area contributed by atoms with Gasteiger partial charge >= 0.3 is 5.97 Å². The summed E-state index contributed by atoms with van der Waals surface area (Å²) in [5.41, 5.74) is 2.84. The van der Waals surface area contributed by atoms with E-state index in [-0.39, 0.29) is 12.3 Å². The fourth-order valence-corrected chi connectivity index (χ4v) is 2.59. The van der Waals surface area contributed by atoms with Crippen molar-refractivity contribution in [3.8, 4) is 11.3 Å². The van der Waals surface area contributed by atoms with Gasteiger partial charge in [0.1, 0.15) is 0 Å². The quantitative estimate of drug-likeness (QED) is 0.669. The van der Waals surface area contributed by atoms with Crippen LogP contribution in [-0.2, 0) is 16.0 Å². The fraction of sp³-hybridized carbons (Fsp3) is 0.190. The van der Waals surface area contributed by atoms with Crippen molar-refractivity contribution in [3.63, 3.8) is 0 Å². The topological polar surface area (TPSA) is 81.4 Å². The van der Waals surface area contributed by atoms with Crippen molar-refractivity contribution in [2.75, 3.05) is 12.4 Å². The largest absolute Gasteiger partial charge is 0.465 e. The molecule has 138 valence electrons. The zero-order valence-corrected chi connectivity index (χ0v) is 15.2. The van der Waals surface area contributed by atoms with Crippen LogP contribution in [0.15, 0.2) is 59.1 Å². The summed E-state index contributed by atoms with van der Waals surface area (Å²) in [6, 6.07) is 14.7. The summed E-state index contributed by atoms with van der Waals surface area (Å²) in [7, 11) is 1.30. The molecule has 1 N–H and O–H groups in total. The number of ether oxygens (including phenoxy) is 1. The molecular formula is C21H20N2O4. The number of rotatable bonds is 6. The van der Waals surface area contributed by atoms with E-state index in [1.807, 2.05) is 31.2 Å². The molecule has 0 fully saturated rings. The van der Waals surface area contributed by atoms with Crippen molar-refractivity contribution in [2.24, 2.45) is 0 Å². The van der Waals surface area contributed by atoms with Gasteiger partial charge in [0.2, 0.25) is 5.91 Å². The lowest BCUT2D eigenvalue weighted by atomic mass is 10.1. The molecule has 1 amide bonds. The molecule has 27 heavy (non-hydrogen) atoms. The first kappa shape index (κ1) is 18.4. The molecule has 0 atom stereocenters. The van der Waals surface area contributed by atoms with Crippen LogP contribution >= 0.6 is 0 Å². The summed E-state index contributed by atoms with van der Waals surface area (Å²) in [5.74, 6) is 0.422. The molecular weight excluding hydrogens is 344 g/mol. The molecule has 6 nitrogen and oxygen atoms in total. The van der Waals surface area contributed by atoms with Gasteiger partial charge in [-0.25, -0.2) is 9.78 Å². The maximum absolute atomic E-state index is 12.2. The van der Waals surface area contributed by atoms with Crippen molar-refractivity contribution in [1.82, 2.24) is 4.98 Å². The van der Waals surface area contributed by atoms with Crippen molar-refractivity contribution < 1.29 is 18.7 Å². The first-order valence-corrected chi connectivity index (χ1v) is 8.56. The van der Waals surface area contributed by atoms with Crippen LogP contribution in [0.2, 0.25) is 0 Å². The third kappa shape index (κ3) is 4.61. The summed E-state index contributed by atoms with van der Waals surface area (Å²) >= 11 is 0. The average molecular weight is 364 g/mol. The normalized spacial score (nSPS) is 10.4. The maximum Gasteiger partial charge on any atom is 0.339 e. The molecule has 0 bridgehead atoms. The number of carbonyl (C=O) groups excluding carboxylic acids is 2. The average Bonchev–Trinajstić information content (AvgIpc) is 3.16. The lowest BCUT2D eigenvalue weighted by Crippen LogP contribution is -2.15. The number of hydrogen-bond acceptors (Lipinski definition) is 5. The van der Waals surface area contributed by atoms with Gasteiger partial charge in [0.15, 0.2) is 11.7 Å². The lowest BCUT2D eigenvalue weighted by Gasteiger charge is -2.09. The van der Waals surface area contributed by atoms with Crippen LogP contribution in [0.25, 0.3) is 11.3 Å². The van der Waals surface area contributed by atoms with E-state index in [4.69, 9.17) is 9.15 Å². The van der Waals surface area contributed by atoms with Crippen LogP contribution in [0.5, 0.6) is 0 Å². The standard InChI is InChI=1S/C21H20N2O4/c1-14-7-9-15(10-8-14)18-13-22-20(27-18)12-11-19(24)23-17-6-4-3-5-16(17)21(25)26-2/h3-10,13H,11-12H2,1-2H3,(H,23,24). The summed E-state index contributed by atoms with van der Waals surface area (Å²) < 4.78 is 10.4. The van der Waals surface area contributed by atoms with Crippen molar-refractivity contribution in [2.45, 2.75) is 19.8 Å². The summed E-state index contributed by atoms with van der Waals surface area (Å²) in [5, 5.41) is 2.73. The van der Waals surface area contributed by atoms with Gasteiger partial charge in [-0.1, -0.05) is 42.0 Å². The van der Waals surface area contributed by atoms with Crippen molar-refractivity contribution in [1.29, 1.82) is 0 Å². The predicted octanol–water partition coefficient (Wildman–Crippen LogP) is 4.01. The van der Waals surface area contributed by atoms with Gasteiger partial charge < -0.3 is 14.5 Å². The van der Waals surface area contributed by atoms with Crippen molar-refractivity contribution >= 4 is 17.6 Å². The molecule has 3 rings (SSSR count). The maximum atomic E-state index is 12.2. The van der Waals surface area contributed by atoms with E-state index in [0.717, 1.165) is 5.56 Å². The number of nitrogens with one attached hydrogen (secondary N) is 1. The van der Waals surface area contributed by atoms with Gasteiger partial charge in [0.25, 0.3) is 0 Å². The van der Waals surface area contributed by atoms with E-state index in [0.29, 0.717) is 29.3 Å². The second-order valence-electron chi connectivity index (χ2n) is 6.07. The number of aryl methyl sites for hydroxylation is 2. The molecule has 0 aliphatic rings. The number of anilines is 1. The monoisotopic (exact) mass is 364 g/mol. The van der Waals surface area contributed by atoms with E-state index in [2.05, 4.69) is 10.3 Å². The van der Waals surface area contributed by atoms with Crippen LogP contribution < -0.4 is 5.32 Å². The molecule has 0 aliphatic carbocycles. The summed E-state index contributed by atoms with van der Waals surface area (Å²) in [6.45, 7) is 2.02. The Morgan fingerprint density at radius 3 is 2.59 bits per heavy atom. The van der Waals surface area contributed by atoms with Crippen LogP contribution in [0, 0.1) is 6.92 Å². The number of nitrogens with zero attached hydrogens (tertiary/aromatic N) is 1. The molecule has 0 aliphatic heterocycles. The van der Waals surface area contributed by atoms with Crippen LogP contribution in [0.1, 0.15) is 28.2 Å². The number of oxazole rings is 1. The van der Waals surface area contributed by atoms with Gasteiger partial charge in [-0.15, -0.1) is 0 Å². The highest BCUT2D eigenvalue weighted by Crippen LogP contribution is 2.21. The Bertz CT molecular complexity index is 945. The molecule has 0 radical (unpaired) electrons. The Morgan fingerprint density at radius 1 is 1.11 bits per heavy atom. The van der Waals surface area contributed by atoms with Crippen LogP contribution in [-0.4, -0.2) is 24.0 Å². The third-order valence-electron chi connectivity index (χ3n) is 4.06. The molecule has 0 saturated heterocycles. The minimum absolute atomic E-state index is 0.184. The SMILES string of the molecule is COC(=O)c1ccccc1NC(=O)CCc1ncc(-c2ccc(C)cc2)o1. The molecule has 3 aromatic rings. The second kappa shape index (κ2) is 8.31. The van der Waals surface area contributed by atoms with E-state index in [9.17, 15) is 9.59 Å². The van der Waals surface area contributed by atoms with Gasteiger partial charge in [0, 0.05) is 18.4 Å². The van der Waals surface area contributed by atoms with Gasteiger partial charge in [0.05, 0.1) is 24.6 Å². The number of aromatic nitrogens is 1. The Kier molecular flexibility index (Phi) is 5.66. The minimum Gasteiger partial charge on any atom is -0.465 e. The molecule has 0 spiro atoms. The number of hydrogen-bond donors (Lipinski definition) is 1. The molecule has 2 aromatic carbocycles. The Morgan fingerprint density at radius 2 is 1.85 bits per heavy atom. The zero-order valence-electron chi connectivity index (χ0n) is 15.2. The third-order valence-corrected chi connectivity index (χ3v) is 4.06. The lowest BCUT2D eigenvalue weighted by molar-refractivity contribution is -0.116. The highest BCUT2D eigenvalue weighted by atomic mass is 16.5. The van der Waals surface area contributed by atoms with E-state index in [1.54, 1.807) is 30.5 Å².